The average Bonchev–Trinajstić information content (AvgIpc) is 2.86. The van der Waals surface area contributed by atoms with Crippen LogP contribution in [0.4, 0.5) is 0 Å². The maximum atomic E-state index is 12.3. The van der Waals surface area contributed by atoms with Crippen LogP contribution in [0.1, 0.15) is 38.7 Å². The van der Waals surface area contributed by atoms with E-state index in [1.165, 1.54) is 5.56 Å². The Hall–Kier alpha value is -3.80. The van der Waals surface area contributed by atoms with Gasteiger partial charge in [0.05, 0.1) is 0 Å². The number of benzene rings is 3. The van der Waals surface area contributed by atoms with Crippen LogP contribution < -0.4 is 20.3 Å². The molecule has 2 atom stereocenters. The van der Waals surface area contributed by atoms with Crippen molar-refractivity contribution < 1.29 is 19.1 Å². The zero-order valence-electron chi connectivity index (χ0n) is 19.2. The first kappa shape index (κ1) is 23.9. The fourth-order valence-corrected chi connectivity index (χ4v) is 3.16. The van der Waals surface area contributed by atoms with Crippen molar-refractivity contribution in [3.8, 4) is 22.6 Å². The van der Waals surface area contributed by atoms with Crippen molar-refractivity contribution in [3.63, 3.8) is 0 Å². The lowest BCUT2D eigenvalue weighted by atomic mass is 9.99. The molecule has 0 aliphatic carbocycles. The van der Waals surface area contributed by atoms with Gasteiger partial charge in [-0.15, -0.1) is 0 Å². The number of hydrogen-bond donors (Lipinski definition) is 2. The molecule has 0 radical (unpaired) electrons. The van der Waals surface area contributed by atoms with Gasteiger partial charge < -0.3 is 9.47 Å². The lowest BCUT2D eigenvalue weighted by molar-refractivity contribution is -0.133. The van der Waals surface area contributed by atoms with Gasteiger partial charge in [0, 0.05) is 0 Å². The first-order chi connectivity index (χ1) is 16.0. The highest BCUT2D eigenvalue weighted by Gasteiger charge is 2.16. The highest BCUT2D eigenvalue weighted by molar-refractivity contribution is 5.85. The van der Waals surface area contributed by atoms with Crippen molar-refractivity contribution in [2.75, 3.05) is 6.61 Å². The molecule has 3 rings (SSSR count). The Bertz CT molecular complexity index is 1030. The summed E-state index contributed by atoms with van der Waals surface area (Å²) in [7, 11) is 0. The third-order valence-corrected chi connectivity index (χ3v) is 5.40. The van der Waals surface area contributed by atoms with Gasteiger partial charge in [0.25, 0.3) is 11.8 Å². The maximum absolute atomic E-state index is 12.3. The second-order valence-corrected chi connectivity index (χ2v) is 7.85. The Balaban J connectivity index is 1.41. The van der Waals surface area contributed by atoms with Gasteiger partial charge in [0.15, 0.2) is 12.7 Å². The van der Waals surface area contributed by atoms with E-state index < -0.39 is 17.9 Å². The van der Waals surface area contributed by atoms with Gasteiger partial charge in [-0.2, -0.15) is 0 Å². The van der Waals surface area contributed by atoms with Crippen molar-refractivity contribution in [2.45, 2.75) is 39.2 Å². The molecule has 3 aromatic carbocycles. The molecule has 0 spiro atoms. The van der Waals surface area contributed by atoms with Crippen LogP contribution in [0, 0.1) is 0 Å². The van der Waals surface area contributed by atoms with Crippen LogP contribution in [0.5, 0.6) is 11.5 Å². The van der Waals surface area contributed by atoms with Crippen LogP contribution in [0.15, 0.2) is 78.9 Å². The van der Waals surface area contributed by atoms with E-state index in [1.807, 2.05) is 78.9 Å². The Labute approximate surface area is 194 Å². The molecule has 2 amide bonds. The largest absolute Gasteiger partial charge is 0.484 e. The second kappa shape index (κ2) is 11.7. The molecule has 0 aliphatic rings. The van der Waals surface area contributed by atoms with Gasteiger partial charge in [0.1, 0.15) is 11.5 Å². The molecule has 0 heterocycles. The summed E-state index contributed by atoms with van der Waals surface area (Å²) >= 11 is 0. The number of nitrogens with one attached hydrogen (secondary N) is 2. The minimum absolute atomic E-state index is 0.209. The average molecular weight is 447 g/mol. The molecule has 2 N–H and O–H groups in total. The first-order valence-electron chi connectivity index (χ1n) is 11.1. The Morgan fingerprint density at radius 2 is 1.39 bits per heavy atom. The topological polar surface area (TPSA) is 76.7 Å². The lowest BCUT2D eigenvalue weighted by Crippen LogP contribution is -2.48. The summed E-state index contributed by atoms with van der Waals surface area (Å²) in [6.45, 7) is 5.71. The first-order valence-corrected chi connectivity index (χ1v) is 11.1. The molecule has 0 aliphatic heterocycles. The summed E-state index contributed by atoms with van der Waals surface area (Å²) in [5.41, 5.74) is 8.10. The van der Waals surface area contributed by atoms with Crippen LogP contribution >= 0.6 is 0 Å². The minimum Gasteiger partial charge on any atom is -0.484 e. The molecule has 0 bridgehead atoms. The molecular weight excluding hydrogens is 416 g/mol. The van der Waals surface area contributed by atoms with Crippen LogP contribution in [0.3, 0.4) is 0 Å². The van der Waals surface area contributed by atoms with E-state index >= 15 is 0 Å². The van der Waals surface area contributed by atoms with E-state index in [0.717, 1.165) is 17.5 Å². The van der Waals surface area contributed by atoms with Crippen molar-refractivity contribution in [1.82, 2.24) is 10.9 Å². The fraction of sp³-hybridized carbons (Fsp3) is 0.259. The van der Waals surface area contributed by atoms with Crippen molar-refractivity contribution in [1.29, 1.82) is 0 Å². The summed E-state index contributed by atoms with van der Waals surface area (Å²) < 4.78 is 11.2. The number of hydrazine groups is 1. The molecular formula is C27H30N2O4. The minimum atomic E-state index is -0.790. The molecule has 0 aromatic heterocycles. The van der Waals surface area contributed by atoms with E-state index in [2.05, 4.69) is 24.7 Å². The Kier molecular flexibility index (Phi) is 8.47. The third-order valence-electron chi connectivity index (χ3n) is 5.40. The van der Waals surface area contributed by atoms with Gasteiger partial charge in [-0.1, -0.05) is 68.4 Å². The van der Waals surface area contributed by atoms with Crippen molar-refractivity contribution in [2.24, 2.45) is 0 Å². The molecule has 3 aromatic rings. The Morgan fingerprint density at radius 3 is 2.03 bits per heavy atom. The van der Waals surface area contributed by atoms with E-state index in [-0.39, 0.29) is 6.61 Å². The van der Waals surface area contributed by atoms with Crippen molar-refractivity contribution in [3.05, 3.63) is 84.4 Å². The van der Waals surface area contributed by atoms with E-state index in [4.69, 9.17) is 9.47 Å². The summed E-state index contributed by atoms with van der Waals surface area (Å²) in [6, 6.07) is 25.1. The smallest absolute Gasteiger partial charge is 0.279 e. The number of amides is 2. The third kappa shape index (κ3) is 7.10. The Morgan fingerprint density at radius 1 is 0.788 bits per heavy atom. The quantitative estimate of drug-likeness (QED) is 0.460. The number of rotatable bonds is 9. The lowest BCUT2D eigenvalue weighted by Gasteiger charge is -2.16. The van der Waals surface area contributed by atoms with Gasteiger partial charge in [-0.25, -0.2) is 0 Å². The highest BCUT2D eigenvalue weighted by atomic mass is 16.5. The summed E-state index contributed by atoms with van der Waals surface area (Å²) in [4.78, 5) is 24.3. The summed E-state index contributed by atoms with van der Waals surface area (Å²) in [5.74, 6) is 0.706. The van der Waals surface area contributed by atoms with E-state index in [9.17, 15) is 9.59 Å². The number of hydrogen-bond acceptors (Lipinski definition) is 4. The second-order valence-electron chi connectivity index (χ2n) is 7.85. The fourth-order valence-electron chi connectivity index (χ4n) is 3.16. The monoisotopic (exact) mass is 446 g/mol. The molecule has 2 unspecified atom stereocenters. The van der Waals surface area contributed by atoms with Crippen LogP contribution in [0.25, 0.3) is 11.1 Å². The zero-order chi connectivity index (χ0) is 23.6. The summed E-state index contributed by atoms with van der Waals surface area (Å²) in [5, 5.41) is 0. The van der Waals surface area contributed by atoms with Crippen LogP contribution in [-0.2, 0) is 9.59 Å². The standard InChI is InChI=1S/C27H30N2O4/c1-4-19(2)21-10-14-24(15-11-21)32-18-26(30)28-29-27(31)20(3)33-25-16-12-23(13-17-25)22-8-6-5-7-9-22/h5-17,19-20H,4,18H2,1-3H3,(H,28,30)(H,29,31). The number of carbonyl (C=O) groups is 2. The molecule has 0 saturated heterocycles. The van der Waals surface area contributed by atoms with E-state index in [0.29, 0.717) is 17.4 Å². The van der Waals surface area contributed by atoms with Gasteiger partial charge in [0.2, 0.25) is 0 Å². The predicted molar refractivity (Wildman–Crippen MR) is 129 cm³/mol. The molecule has 0 saturated carbocycles. The van der Waals surface area contributed by atoms with Gasteiger partial charge in [-0.3, -0.25) is 20.4 Å². The van der Waals surface area contributed by atoms with E-state index in [1.54, 1.807) is 6.92 Å². The molecule has 33 heavy (non-hydrogen) atoms. The predicted octanol–water partition coefficient (Wildman–Crippen LogP) is 4.86. The zero-order valence-corrected chi connectivity index (χ0v) is 19.2. The molecule has 6 nitrogen and oxygen atoms in total. The van der Waals surface area contributed by atoms with Crippen LogP contribution in [-0.4, -0.2) is 24.5 Å². The number of ether oxygens (including phenoxy) is 2. The normalized spacial score (nSPS) is 12.3. The van der Waals surface area contributed by atoms with Crippen molar-refractivity contribution >= 4 is 11.8 Å². The SMILES string of the molecule is CCC(C)c1ccc(OCC(=O)NNC(=O)C(C)Oc2ccc(-c3ccccc3)cc2)cc1. The molecule has 172 valence electrons. The van der Waals surface area contributed by atoms with Gasteiger partial charge in [-0.05, 0) is 60.2 Å². The van der Waals surface area contributed by atoms with Crippen LogP contribution in [0.2, 0.25) is 0 Å². The maximum Gasteiger partial charge on any atom is 0.279 e. The summed E-state index contributed by atoms with van der Waals surface area (Å²) in [6.07, 6.45) is 0.269. The number of carbonyl (C=O) groups excluding carboxylic acids is 2. The molecule has 6 heteroatoms. The van der Waals surface area contributed by atoms with Gasteiger partial charge >= 0.3 is 0 Å². The highest BCUT2D eigenvalue weighted by Crippen LogP contribution is 2.23. The molecule has 0 fully saturated rings.